The summed E-state index contributed by atoms with van der Waals surface area (Å²) in [5, 5.41) is 2.20. The van der Waals surface area contributed by atoms with Gasteiger partial charge in [0.05, 0.1) is 14.9 Å². The second-order valence-electron chi connectivity index (χ2n) is 6.27. The minimum atomic E-state index is -1.40. The molecule has 0 radical (unpaired) electrons. The minimum absolute atomic E-state index is 0.102. The Morgan fingerprint density at radius 1 is 0.786 bits per heavy atom. The average Bonchev–Trinajstić information content (AvgIpc) is 2.69. The molecular weight excluding hydrogens is 456 g/mol. The maximum absolute atomic E-state index is 12.7. The first-order valence-electron chi connectivity index (χ1n) is 8.52. The van der Waals surface area contributed by atoms with E-state index in [9.17, 15) is 4.21 Å². The Balaban J connectivity index is 1.76. The summed E-state index contributed by atoms with van der Waals surface area (Å²) in [5.41, 5.74) is 2.25. The predicted octanol–water partition coefficient (Wildman–Crippen LogP) is 6.94. The second kappa shape index (κ2) is 10.1. The molecule has 1 N–H and O–H groups in total. The number of hydrogen-bond acceptors (Lipinski definition) is 1. The van der Waals surface area contributed by atoms with Crippen LogP contribution in [0.15, 0.2) is 71.6 Å². The first-order valence-corrected chi connectivity index (χ1v) is 11.2. The van der Waals surface area contributed by atoms with Crippen LogP contribution >= 0.6 is 46.4 Å². The lowest BCUT2D eigenvalue weighted by Gasteiger charge is -2.18. The van der Waals surface area contributed by atoms with E-state index in [-0.39, 0.29) is 5.92 Å². The van der Waals surface area contributed by atoms with Crippen LogP contribution in [0.1, 0.15) is 17.0 Å². The van der Waals surface area contributed by atoms with Crippen LogP contribution in [0, 0.1) is 0 Å². The SMILES string of the molecule is O=S(NCC(Cc1ccc(Cl)cc1)c1ccc(Cl)cc1)c1ccc(Cl)c(Cl)c1. The quantitative estimate of drug-likeness (QED) is 0.396. The molecule has 2 unspecified atom stereocenters. The van der Waals surface area contributed by atoms with Gasteiger partial charge in [-0.05, 0) is 60.0 Å². The van der Waals surface area contributed by atoms with Crippen LogP contribution in [0.5, 0.6) is 0 Å². The molecule has 3 aromatic rings. The monoisotopic (exact) mass is 471 g/mol. The van der Waals surface area contributed by atoms with Crippen LogP contribution in [-0.4, -0.2) is 10.8 Å². The molecule has 0 spiro atoms. The summed E-state index contributed by atoms with van der Waals surface area (Å²) < 4.78 is 15.8. The normalized spacial score (nSPS) is 13.3. The summed E-state index contributed by atoms with van der Waals surface area (Å²) in [7, 11) is -1.40. The summed E-state index contributed by atoms with van der Waals surface area (Å²) >= 11 is 24.0. The zero-order valence-corrected chi connectivity index (χ0v) is 18.5. The van der Waals surface area contributed by atoms with Crippen LogP contribution in [0.25, 0.3) is 0 Å². The van der Waals surface area contributed by atoms with Gasteiger partial charge >= 0.3 is 0 Å². The van der Waals surface area contributed by atoms with Crippen molar-refractivity contribution in [3.05, 3.63) is 97.9 Å². The Labute approximate surface area is 187 Å². The molecule has 28 heavy (non-hydrogen) atoms. The average molecular weight is 473 g/mol. The smallest absolute Gasteiger partial charge is 0.124 e. The van der Waals surface area contributed by atoms with Crippen molar-refractivity contribution in [1.82, 2.24) is 4.72 Å². The molecule has 2 atom stereocenters. The number of hydrogen-bond donors (Lipinski definition) is 1. The Kier molecular flexibility index (Phi) is 7.81. The van der Waals surface area contributed by atoms with Gasteiger partial charge in [0.1, 0.15) is 11.0 Å². The molecule has 0 saturated heterocycles. The first kappa shape index (κ1) is 21.6. The maximum Gasteiger partial charge on any atom is 0.124 e. The molecule has 3 aromatic carbocycles. The van der Waals surface area contributed by atoms with Crippen molar-refractivity contribution in [1.29, 1.82) is 0 Å². The second-order valence-corrected chi connectivity index (χ2v) is 9.26. The summed E-state index contributed by atoms with van der Waals surface area (Å²) in [4.78, 5) is 0.579. The summed E-state index contributed by atoms with van der Waals surface area (Å²) in [6, 6.07) is 20.4. The van der Waals surface area contributed by atoms with Crippen LogP contribution in [-0.2, 0) is 17.4 Å². The van der Waals surface area contributed by atoms with Crippen molar-refractivity contribution in [2.24, 2.45) is 0 Å². The van der Waals surface area contributed by atoms with E-state index in [0.717, 1.165) is 17.5 Å². The Bertz CT molecular complexity index is 961. The lowest BCUT2D eigenvalue weighted by molar-refractivity contribution is 0.638. The first-order chi connectivity index (χ1) is 13.4. The molecule has 0 saturated carbocycles. The van der Waals surface area contributed by atoms with E-state index in [2.05, 4.69) is 4.72 Å². The van der Waals surface area contributed by atoms with Gasteiger partial charge < -0.3 is 0 Å². The van der Waals surface area contributed by atoms with Gasteiger partial charge in [0.15, 0.2) is 0 Å². The van der Waals surface area contributed by atoms with Crippen molar-refractivity contribution < 1.29 is 4.21 Å². The van der Waals surface area contributed by atoms with Crippen molar-refractivity contribution >= 4 is 57.4 Å². The Hall–Kier alpha value is -1.07. The fourth-order valence-corrected chi connectivity index (χ4v) is 4.35. The Morgan fingerprint density at radius 3 is 2.00 bits per heavy atom. The van der Waals surface area contributed by atoms with Gasteiger partial charge in [-0.3, -0.25) is 0 Å². The van der Waals surface area contributed by atoms with E-state index in [1.165, 1.54) is 0 Å². The van der Waals surface area contributed by atoms with E-state index >= 15 is 0 Å². The van der Waals surface area contributed by atoms with E-state index < -0.39 is 11.0 Å². The van der Waals surface area contributed by atoms with Crippen molar-refractivity contribution in [3.8, 4) is 0 Å². The highest BCUT2D eigenvalue weighted by molar-refractivity contribution is 7.83. The van der Waals surface area contributed by atoms with Gasteiger partial charge in [-0.2, -0.15) is 0 Å². The number of rotatable bonds is 7. The minimum Gasteiger partial charge on any atom is -0.238 e. The molecule has 146 valence electrons. The lowest BCUT2D eigenvalue weighted by Crippen LogP contribution is -2.25. The van der Waals surface area contributed by atoms with Gasteiger partial charge in [0.25, 0.3) is 0 Å². The Morgan fingerprint density at radius 2 is 1.39 bits per heavy atom. The van der Waals surface area contributed by atoms with Crippen LogP contribution in [0.2, 0.25) is 20.1 Å². The fourth-order valence-electron chi connectivity index (χ4n) is 2.80. The van der Waals surface area contributed by atoms with Crippen molar-refractivity contribution in [2.75, 3.05) is 6.54 Å². The van der Waals surface area contributed by atoms with E-state index in [1.807, 2.05) is 48.5 Å². The van der Waals surface area contributed by atoms with Crippen LogP contribution in [0.4, 0.5) is 0 Å². The summed E-state index contributed by atoms with van der Waals surface area (Å²) in [6.07, 6.45) is 0.768. The summed E-state index contributed by atoms with van der Waals surface area (Å²) in [6.45, 7) is 0.511. The molecule has 0 fully saturated rings. The third kappa shape index (κ3) is 5.96. The van der Waals surface area contributed by atoms with Gasteiger partial charge in [-0.1, -0.05) is 70.7 Å². The predicted molar refractivity (Wildman–Crippen MR) is 120 cm³/mol. The molecule has 2 nitrogen and oxygen atoms in total. The van der Waals surface area contributed by atoms with E-state index in [4.69, 9.17) is 46.4 Å². The number of nitrogens with one attached hydrogen (secondary N) is 1. The molecule has 0 bridgehead atoms. The lowest BCUT2D eigenvalue weighted by atomic mass is 9.92. The topological polar surface area (TPSA) is 29.1 Å². The highest BCUT2D eigenvalue weighted by Crippen LogP contribution is 2.25. The third-order valence-electron chi connectivity index (χ3n) is 4.30. The number of benzene rings is 3. The number of halogens is 4. The maximum atomic E-state index is 12.7. The van der Waals surface area contributed by atoms with Crippen molar-refractivity contribution in [3.63, 3.8) is 0 Å². The van der Waals surface area contributed by atoms with Gasteiger partial charge in [-0.25, -0.2) is 8.93 Å². The molecular formula is C21H17Cl4NOS. The molecule has 0 aliphatic carbocycles. The molecule has 7 heteroatoms. The molecule has 0 aromatic heterocycles. The van der Waals surface area contributed by atoms with Gasteiger partial charge in [-0.15, -0.1) is 0 Å². The highest BCUT2D eigenvalue weighted by Gasteiger charge is 2.15. The third-order valence-corrected chi connectivity index (χ3v) is 6.66. The van der Waals surface area contributed by atoms with Gasteiger partial charge in [0.2, 0.25) is 0 Å². The van der Waals surface area contributed by atoms with Crippen LogP contribution in [0.3, 0.4) is 0 Å². The summed E-state index contributed by atoms with van der Waals surface area (Å²) in [5.74, 6) is 0.102. The standard InChI is InChI=1S/C21H17Cl4NOS/c22-17-5-1-14(2-6-17)11-16(15-3-7-18(23)8-4-15)13-26-28(27)19-9-10-20(24)21(25)12-19/h1-10,12,16,26H,11,13H2. The fraction of sp³-hybridized carbons (Fsp3) is 0.143. The van der Waals surface area contributed by atoms with E-state index in [0.29, 0.717) is 31.5 Å². The van der Waals surface area contributed by atoms with E-state index in [1.54, 1.807) is 18.2 Å². The zero-order valence-electron chi connectivity index (χ0n) is 14.7. The molecule has 0 amide bonds. The molecule has 0 aliphatic rings. The van der Waals surface area contributed by atoms with Gasteiger partial charge in [0, 0.05) is 22.5 Å². The van der Waals surface area contributed by atoms with Crippen LogP contribution < -0.4 is 4.72 Å². The van der Waals surface area contributed by atoms with Crippen molar-refractivity contribution in [2.45, 2.75) is 17.2 Å². The molecule has 0 aliphatic heterocycles. The molecule has 0 heterocycles. The highest BCUT2D eigenvalue weighted by atomic mass is 35.5. The largest absolute Gasteiger partial charge is 0.238 e. The molecule has 3 rings (SSSR count). The zero-order chi connectivity index (χ0) is 20.1.